The highest BCUT2D eigenvalue weighted by Gasteiger charge is 2.11. The fourth-order valence-corrected chi connectivity index (χ4v) is 1.77. The lowest BCUT2D eigenvalue weighted by atomic mass is 10.2. The van der Waals surface area contributed by atoms with Crippen molar-refractivity contribution in [2.24, 2.45) is 0 Å². The lowest BCUT2D eigenvalue weighted by Crippen LogP contribution is -2.30. The van der Waals surface area contributed by atoms with Crippen molar-refractivity contribution in [1.82, 2.24) is 4.90 Å². The standard InChI is InChI=1S/C16H23NO4/c1-4-20-16(19)9-11-17(3)15(18)10-12-21-14-8-6-5-7-13(14)2/h5-8H,4,9-12H2,1-3H3. The maximum absolute atomic E-state index is 11.9. The van der Waals surface area contributed by atoms with Crippen molar-refractivity contribution in [2.45, 2.75) is 26.7 Å². The first-order chi connectivity index (χ1) is 10.0. The van der Waals surface area contributed by atoms with Crippen molar-refractivity contribution in [3.8, 4) is 5.75 Å². The topological polar surface area (TPSA) is 55.8 Å². The quantitative estimate of drug-likeness (QED) is 0.689. The number of rotatable bonds is 8. The van der Waals surface area contributed by atoms with Crippen molar-refractivity contribution in [3.05, 3.63) is 29.8 Å². The van der Waals surface area contributed by atoms with Crippen molar-refractivity contribution < 1.29 is 19.1 Å². The van der Waals surface area contributed by atoms with Gasteiger partial charge in [-0.1, -0.05) is 18.2 Å². The number of hydrogen-bond donors (Lipinski definition) is 0. The zero-order valence-electron chi connectivity index (χ0n) is 12.9. The molecule has 0 saturated heterocycles. The summed E-state index contributed by atoms with van der Waals surface area (Å²) in [6, 6.07) is 7.68. The minimum atomic E-state index is -0.284. The number of nitrogens with zero attached hydrogens (tertiary/aromatic N) is 1. The molecule has 0 heterocycles. The van der Waals surface area contributed by atoms with Crippen molar-refractivity contribution in [1.29, 1.82) is 0 Å². The summed E-state index contributed by atoms with van der Waals surface area (Å²) in [7, 11) is 1.68. The number of carbonyl (C=O) groups is 2. The SMILES string of the molecule is CCOC(=O)CCN(C)C(=O)CCOc1ccccc1C. The number of amides is 1. The smallest absolute Gasteiger partial charge is 0.307 e. The van der Waals surface area contributed by atoms with E-state index >= 15 is 0 Å². The minimum Gasteiger partial charge on any atom is -0.493 e. The number of esters is 1. The summed E-state index contributed by atoms with van der Waals surface area (Å²) in [4.78, 5) is 24.6. The highest BCUT2D eigenvalue weighted by molar-refractivity contribution is 5.77. The van der Waals surface area contributed by atoms with E-state index in [1.54, 1.807) is 14.0 Å². The molecule has 0 N–H and O–H groups in total. The van der Waals surface area contributed by atoms with Gasteiger partial charge in [0.25, 0.3) is 0 Å². The molecule has 0 bridgehead atoms. The van der Waals surface area contributed by atoms with E-state index in [1.165, 1.54) is 4.90 Å². The average molecular weight is 293 g/mol. The molecule has 5 nitrogen and oxygen atoms in total. The predicted molar refractivity (Wildman–Crippen MR) is 80.2 cm³/mol. The molecule has 0 atom stereocenters. The second-order valence-electron chi connectivity index (χ2n) is 4.73. The summed E-state index contributed by atoms with van der Waals surface area (Å²) in [6.45, 7) is 4.77. The average Bonchev–Trinajstić information content (AvgIpc) is 2.47. The number of para-hydroxylation sites is 1. The van der Waals surface area contributed by atoms with Crippen LogP contribution in [0.4, 0.5) is 0 Å². The number of hydrogen-bond acceptors (Lipinski definition) is 4. The molecule has 0 aliphatic rings. The van der Waals surface area contributed by atoms with Crippen molar-refractivity contribution in [3.63, 3.8) is 0 Å². The van der Waals surface area contributed by atoms with Gasteiger partial charge in [0.1, 0.15) is 5.75 Å². The maximum Gasteiger partial charge on any atom is 0.307 e. The highest BCUT2D eigenvalue weighted by atomic mass is 16.5. The molecule has 0 unspecified atom stereocenters. The zero-order valence-corrected chi connectivity index (χ0v) is 12.9. The molecule has 21 heavy (non-hydrogen) atoms. The Morgan fingerprint density at radius 2 is 1.90 bits per heavy atom. The number of ether oxygens (including phenoxy) is 2. The van der Waals surface area contributed by atoms with Crippen LogP contribution in [0.3, 0.4) is 0 Å². The van der Waals surface area contributed by atoms with Gasteiger partial charge in [-0.15, -0.1) is 0 Å². The molecule has 0 aliphatic heterocycles. The van der Waals surface area contributed by atoms with E-state index in [4.69, 9.17) is 9.47 Å². The summed E-state index contributed by atoms with van der Waals surface area (Å²) in [5, 5.41) is 0. The Bertz CT molecular complexity index is 473. The largest absolute Gasteiger partial charge is 0.493 e. The Morgan fingerprint density at radius 3 is 2.57 bits per heavy atom. The van der Waals surface area contributed by atoms with E-state index in [0.29, 0.717) is 19.8 Å². The second kappa shape index (κ2) is 9.00. The molecule has 0 fully saturated rings. The van der Waals surface area contributed by atoms with Gasteiger partial charge in [-0.05, 0) is 25.5 Å². The molecular formula is C16H23NO4. The predicted octanol–water partition coefficient (Wildman–Crippen LogP) is 2.18. The van der Waals surface area contributed by atoms with Crippen LogP contribution in [-0.4, -0.2) is 43.6 Å². The summed E-state index contributed by atoms with van der Waals surface area (Å²) in [6.07, 6.45) is 0.502. The van der Waals surface area contributed by atoms with Gasteiger partial charge in [-0.2, -0.15) is 0 Å². The Balaban J connectivity index is 2.27. The van der Waals surface area contributed by atoms with Crippen molar-refractivity contribution in [2.75, 3.05) is 26.8 Å². The molecule has 0 spiro atoms. The summed E-state index contributed by atoms with van der Waals surface area (Å²) in [5.74, 6) is 0.459. The third-order valence-electron chi connectivity index (χ3n) is 3.05. The summed E-state index contributed by atoms with van der Waals surface area (Å²) in [5.41, 5.74) is 1.04. The van der Waals surface area contributed by atoms with E-state index in [-0.39, 0.29) is 24.7 Å². The third-order valence-corrected chi connectivity index (χ3v) is 3.05. The molecule has 1 aromatic carbocycles. The number of benzene rings is 1. The Labute approximate surface area is 125 Å². The number of aryl methyl sites for hydroxylation is 1. The molecule has 1 rings (SSSR count). The second-order valence-corrected chi connectivity index (χ2v) is 4.73. The van der Waals surface area contributed by atoms with Gasteiger partial charge in [0.15, 0.2) is 0 Å². The fourth-order valence-electron chi connectivity index (χ4n) is 1.77. The van der Waals surface area contributed by atoms with Crippen LogP contribution in [0.1, 0.15) is 25.3 Å². The molecule has 0 saturated carbocycles. The van der Waals surface area contributed by atoms with E-state index in [0.717, 1.165) is 11.3 Å². The lowest BCUT2D eigenvalue weighted by Gasteiger charge is -2.17. The summed E-state index contributed by atoms with van der Waals surface area (Å²) < 4.78 is 10.4. The van der Waals surface area contributed by atoms with Gasteiger partial charge in [-0.3, -0.25) is 9.59 Å². The third kappa shape index (κ3) is 6.29. The molecule has 1 aromatic rings. The first-order valence-corrected chi connectivity index (χ1v) is 7.12. The van der Waals surface area contributed by atoms with Crippen LogP contribution < -0.4 is 4.74 Å². The van der Waals surface area contributed by atoms with Crippen LogP contribution in [-0.2, 0) is 14.3 Å². The van der Waals surface area contributed by atoms with Crippen LogP contribution in [0.25, 0.3) is 0 Å². The maximum atomic E-state index is 11.9. The summed E-state index contributed by atoms with van der Waals surface area (Å²) >= 11 is 0. The van der Waals surface area contributed by atoms with Crippen LogP contribution in [0, 0.1) is 6.92 Å². The van der Waals surface area contributed by atoms with Crippen molar-refractivity contribution >= 4 is 11.9 Å². The zero-order chi connectivity index (χ0) is 15.7. The molecule has 116 valence electrons. The van der Waals surface area contributed by atoms with E-state index in [1.807, 2.05) is 31.2 Å². The van der Waals surface area contributed by atoms with Gasteiger partial charge >= 0.3 is 5.97 Å². The molecule has 1 amide bonds. The minimum absolute atomic E-state index is 0.0483. The van der Waals surface area contributed by atoms with Gasteiger partial charge in [0.05, 0.1) is 26.1 Å². The van der Waals surface area contributed by atoms with E-state index < -0.39 is 0 Å². The van der Waals surface area contributed by atoms with E-state index in [2.05, 4.69) is 0 Å². The Morgan fingerprint density at radius 1 is 1.19 bits per heavy atom. The molecular weight excluding hydrogens is 270 g/mol. The number of carbonyl (C=O) groups excluding carboxylic acids is 2. The molecule has 0 aromatic heterocycles. The molecule has 5 heteroatoms. The first kappa shape index (κ1) is 17.0. The van der Waals surface area contributed by atoms with E-state index in [9.17, 15) is 9.59 Å². The Hall–Kier alpha value is -2.04. The highest BCUT2D eigenvalue weighted by Crippen LogP contribution is 2.16. The first-order valence-electron chi connectivity index (χ1n) is 7.12. The van der Waals surface area contributed by atoms with Gasteiger partial charge in [0, 0.05) is 13.6 Å². The fraction of sp³-hybridized carbons (Fsp3) is 0.500. The van der Waals surface area contributed by atoms with Crippen LogP contribution in [0.5, 0.6) is 5.75 Å². The molecule has 0 radical (unpaired) electrons. The van der Waals surface area contributed by atoms with Gasteiger partial charge in [0.2, 0.25) is 5.91 Å². The Kier molecular flexibility index (Phi) is 7.29. The monoisotopic (exact) mass is 293 g/mol. The van der Waals surface area contributed by atoms with Crippen LogP contribution in [0.15, 0.2) is 24.3 Å². The van der Waals surface area contributed by atoms with Gasteiger partial charge in [-0.25, -0.2) is 0 Å². The normalized spacial score (nSPS) is 10.0. The van der Waals surface area contributed by atoms with Crippen LogP contribution in [0.2, 0.25) is 0 Å². The van der Waals surface area contributed by atoms with Crippen LogP contribution >= 0.6 is 0 Å². The van der Waals surface area contributed by atoms with Gasteiger partial charge < -0.3 is 14.4 Å². The molecule has 0 aliphatic carbocycles. The lowest BCUT2D eigenvalue weighted by molar-refractivity contribution is -0.143.